The maximum atomic E-state index is 13.1. The normalized spacial score (nSPS) is 11.0. The quantitative estimate of drug-likeness (QED) is 0.595. The SMILES string of the molecule is CCCCn1c(N)c(N(Cc2ccccc2OC)C(=O)CSC(C)C)c(=O)[nH]c1=O. The van der Waals surface area contributed by atoms with Gasteiger partial charge in [0.1, 0.15) is 11.6 Å². The van der Waals surface area contributed by atoms with Crippen molar-refractivity contribution in [2.75, 3.05) is 23.5 Å². The molecule has 164 valence electrons. The second-order valence-corrected chi connectivity index (χ2v) is 8.71. The number of nitrogen functional groups attached to an aromatic ring is 1. The molecule has 2 aromatic rings. The molecule has 1 amide bonds. The van der Waals surface area contributed by atoms with Crippen LogP contribution in [0.2, 0.25) is 0 Å². The number of amides is 1. The lowest BCUT2D eigenvalue weighted by molar-refractivity contribution is -0.116. The summed E-state index contributed by atoms with van der Waals surface area (Å²) in [7, 11) is 1.55. The summed E-state index contributed by atoms with van der Waals surface area (Å²) >= 11 is 1.47. The molecule has 0 fully saturated rings. The van der Waals surface area contributed by atoms with Crippen molar-refractivity contribution in [3.05, 3.63) is 50.7 Å². The first kappa shape index (κ1) is 23.6. The summed E-state index contributed by atoms with van der Waals surface area (Å²) in [5, 5.41) is 0.246. The number of rotatable bonds is 10. The zero-order valence-corrected chi connectivity index (χ0v) is 18.8. The summed E-state index contributed by atoms with van der Waals surface area (Å²) in [6, 6.07) is 7.27. The summed E-state index contributed by atoms with van der Waals surface area (Å²) in [6.45, 7) is 6.45. The van der Waals surface area contributed by atoms with Crippen molar-refractivity contribution < 1.29 is 9.53 Å². The largest absolute Gasteiger partial charge is 0.496 e. The molecular weight excluding hydrogens is 404 g/mol. The van der Waals surface area contributed by atoms with Crippen molar-refractivity contribution in [1.82, 2.24) is 9.55 Å². The lowest BCUT2D eigenvalue weighted by atomic mass is 10.1. The highest BCUT2D eigenvalue weighted by molar-refractivity contribution is 8.00. The van der Waals surface area contributed by atoms with E-state index < -0.39 is 11.2 Å². The molecule has 0 aliphatic rings. The molecule has 8 nitrogen and oxygen atoms in total. The fourth-order valence-electron chi connectivity index (χ4n) is 2.99. The number of aromatic amines is 1. The van der Waals surface area contributed by atoms with Crippen LogP contribution in [0.25, 0.3) is 0 Å². The van der Waals surface area contributed by atoms with E-state index in [-0.39, 0.29) is 35.0 Å². The van der Waals surface area contributed by atoms with Crippen LogP contribution in [-0.4, -0.2) is 33.6 Å². The minimum atomic E-state index is -0.678. The van der Waals surface area contributed by atoms with Gasteiger partial charge in [-0.05, 0) is 17.7 Å². The second kappa shape index (κ2) is 10.9. The van der Waals surface area contributed by atoms with Crippen LogP contribution >= 0.6 is 11.8 Å². The minimum absolute atomic E-state index is 0.00463. The number of ether oxygens (including phenoxy) is 1. The first-order valence-corrected chi connectivity index (χ1v) is 11.0. The molecule has 9 heteroatoms. The average molecular weight is 435 g/mol. The number of hydrogen-bond donors (Lipinski definition) is 2. The van der Waals surface area contributed by atoms with Crippen LogP contribution in [0.1, 0.15) is 39.2 Å². The number of thioether (sulfide) groups is 1. The fourth-order valence-corrected chi connectivity index (χ4v) is 3.62. The van der Waals surface area contributed by atoms with E-state index in [9.17, 15) is 14.4 Å². The lowest BCUT2D eigenvalue weighted by Crippen LogP contribution is -2.41. The van der Waals surface area contributed by atoms with Crippen molar-refractivity contribution in [2.24, 2.45) is 0 Å². The van der Waals surface area contributed by atoms with Gasteiger partial charge in [0, 0.05) is 12.1 Å². The Bertz CT molecular complexity index is 984. The molecule has 0 saturated heterocycles. The van der Waals surface area contributed by atoms with Gasteiger partial charge in [0.15, 0.2) is 5.69 Å². The lowest BCUT2D eigenvalue weighted by Gasteiger charge is -2.25. The van der Waals surface area contributed by atoms with Gasteiger partial charge in [-0.25, -0.2) is 4.79 Å². The van der Waals surface area contributed by atoms with E-state index in [1.807, 2.05) is 39.0 Å². The molecule has 30 heavy (non-hydrogen) atoms. The number of nitrogens with one attached hydrogen (secondary N) is 1. The standard InChI is InChI=1S/C21H30N4O4S/c1-5-6-11-24-19(22)18(20(27)23-21(24)28)25(17(26)13-30-14(2)3)12-15-9-7-8-10-16(15)29-4/h7-10,14H,5-6,11-13,22H2,1-4H3,(H,23,27,28). The Morgan fingerprint density at radius 3 is 2.63 bits per heavy atom. The number of carbonyl (C=O) groups is 1. The molecule has 1 heterocycles. The molecule has 0 bridgehead atoms. The summed E-state index contributed by atoms with van der Waals surface area (Å²) < 4.78 is 6.72. The Morgan fingerprint density at radius 2 is 2.00 bits per heavy atom. The van der Waals surface area contributed by atoms with E-state index in [2.05, 4.69) is 4.98 Å². The number of hydrogen-bond acceptors (Lipinski definition) is 6. The van der Waals surface area contributed by atoms with Gasteiger partial charge in [0.05, 0.1) is 19.4 Å². The van der Waals surface area contributed by atoms with Crippen LogP contribution in [0, 0.1) is 0 Å². The number of H-pyrrole nitrogens is 1. The van der Waals surface area contributed by atoms with Gasteiger partial charge in [-0.1, -0.05) is 45.4 Å². The molecule has 0 radical (unpaired) electrons. The maximum Gasteiger partial charge on any atom is 0.330 e. The van der Waals surface area contributed by atoms with E-state index in [4.69, 9.17) is 10.5 Å². The van der Waals surface area contributed by atoms with Gasteiger partial charge in [-0.15, -0.1) is 11.8 Å². The van der Waals surface area contributed by atoms with Gasteiger partial charge in [0.2, 0.25) is 5.91 Å². The van der Waals surface area contributed by atoms with Crippen molar-refractivity contribution in [3.63, 3.8) is 0 Å². The van der Waals surface area contributed by atoms with Crippen LogP contribution in [-0.2, 0) is 17.9 Å². The molecule has 3 N–H and O–H groups in total. The molecule has 0 unspecified atom stereocenters. The molecule has 0 saturated carbocycles. The van der Waals surface area contributed by atoms with E-state index in [0.717, 1.165) is 18.4 Å². The van der Waals surface area contributed by atoms with E-state index >= 15 is 0 Å². The number of carbonyl (C=O) groups excluding carboxylic acids is 1. The zero-order chi connectivity index (χ0) is 22.3. The molecule has 0 aliphatic heterocycles. The molecular formula is C21H30N4O4S. The topological polar surface area (TPSA) is 110 Å². The highest BCUT2D eigenvalue weighted by Gasteiger charge is 2.25. The monoisotopic (exact) mass is 434 g/mol. The molecule has 0 aliphatic carbocycles. The Kier molecular flexibility index (Phi) is 8.58. The second-order valence-electron chi connectivity index (χ2n) is 7.15. The third kappa shape index (κ3) is 5.69. The number of aromatic nitrogens is 2. The number of anilines is 2. The van der Waals surface area contributed by atoms with Crippen LogP contribution in [0.3, 0.4) is 0 Å². The Balaban J connectivity index is 2.57. The minimum Gasteiger partial charge on any atom is -0.496 e. The first-order chi connectivity index (χ1) is 14.3. The summed E-state index contributed by atoms with van der Waals surface area (Å²) in [6.07, 6.45) is 1.58. The number of nitrogens with zero attached hydrogens (tertiary/aromatic N) is 2. The Labute approximate surface area is 180 Å². The number of nitrogens with two attached hydrogens (primary N) is 1. The zero-order valence-electron chi connectivity index (χ0n) is 17.9. The summed E-state index contributed by atoms with van der Waals surface area (Å²) in [5.74, 6) is 0.508. The van der Waals surface area contributed by atoms with Gasteiger partial charge >= 0.3 is 5.69 Å². The smallest absolute Gasteiger partial charge is 0.330 e. The van der Waals surface area contributed by atoms with E-state index in [1.165, 1.54) is 21.2 Å². The van der Waals surface area contributed by atoms with Gasteiger partial charge in [0.25, 0.3) is 5.56 Å². The molecule has 1 aromatic heterocycles. The number of para-hydroxylation sites is 1. The maximum absolute atomic E-state index is 13.1. The Hall–Kier alpha value is -2.68. The third-order valence-electron chi connectivity index (χ3n) is 4.58. The highest BCUT2D eigenvalue weighted by atomic mass is 32.2. The van der Waals surface area contributed by atoms with Gasteiger partial charge in [-0.2, -0.15) is 0 Å². The number of unbranched alkanes of at least 4 members (excludes halogenated alkanes) is 1. The number of benzene rings is 1. The van der Waals surface area contributed by atoms with Crippen LogP contribution < -0.4 is 26.6 Å². The fraction of sp³-hybridized carbons (Fsp3) is 0.476. The van der Waals surface area contributed by atoms with Crippen LogP contribution in [0.4, 0.5) is 11.5 Å². The molecule has 0 atom stereocenters. The Morgan fingerprint density at radius 1 is 1.30 bits per heavy atom. The van der Waals surface area contributed by atoms with E-state index in [1.54, 1.807) is 13.2 Å². The van der Waals surface area contributed by atoms with Crippen LogP contribution in [0.5, 0.6) is 5.75 Å². The van der Waals surface area contributed by atoms with Crippen molar-refractivity contribution in [3.8, 4) is 5.75 Å². The molecule has 0 spiro atoms. The van der Waals surface area contributed by atoms with Crippen molar-refractivity contribution in [2.45, 2.75) is 52.0 Å². The summed E-state index contributed by atoms with van der Waals surface area (Å²) in [4.78, 5) is 41.8. The predicted octanol–water partition coefficient (Wildman–Crippen LogP) is 2.60. The number of methoxy groups -OCH3 is 1. The van der Waals surface area contributed by atoms with Crippen LogP contribution in [0.15, 0.2) is 33.9 Å². The first-order valence-electron chi connectivity index (χ1n) is 9.96. The van der Waals surface area contributed by atoms with E-state index in [0.29, 0.717) is 12.3 Å². The van der Waals surface area contributed by atoms with Crippen molar-refractivity contribution >= 4 is 29.2 Å². The molecule has 1 aromatic carbocycles. The van der Waals surface area contributed by atoms with Crippen molar-refractivity contribution in [1.29, 1.82) is 0 Å². The molecule has 2 rings (SSSR count). The van der Waals surface area contributed by atoms with Gasteiger partial charge < -0.3 is 10.5 Å². The van der Waals surface area contributed by atoms with Gasteiger partial charge in [-0.3, -0.25) is 24.0 Å². The highest BCUT2D eigenvalue weighted by Crippen LogP contribution is 2.25. The average Bonchev–Trinajstić information content (AvgIpc) is 2.71. The summed E-state index contributed by atoms with van der Waals surface area (Å²) in [5.41, 5.74) is 5.73. The predicted molar refractivity (Wildman–Crippen MR) is 122 cm³/mol. The third-order valence-corrected chi connectivity index (χ3v) is 5.66.